The number of aryl methyl sites for hydroxylation is 2. The number of rotatable bonds is 3. The van der Waals surface area contributed by atoms with Gasteiger partial charge in [0.2, 0.25) is 0 Å². The zero-order chi connectivity index (χ0) is 9.84. The Kier molecular flexibility index (Phi) is 3.47. The molecule has 0 amide bonds. The first kappa shape index (κ1) is 10.2. The maximum absolute atomic E-state index is 13.7. The van der Waals surface area contributed by atoms with Crippen LogP contribution in [0.25, 0.3) is 0 Å². The second-order valence-electron chi connectivity index (χ2n) is 3.44. The average Bonchev–Trinajstić information content (AvgIpc) is 2.12. The topological polar surface area (TPSA) is 0 Å². The van der Waals surface area contributed by atoms with Gasteiger partial charge in [0.1, 0.15) is 5.82 Å². The highest BCUT2D eigenvalue weighted by Crippen LogP contribution is 2.19. The molecular weight excluding hydrogens is 163 g/mol. The van der Waals surface area contributed by atoms with Gasteiger partial charge >= 0.3 is 0 Å². The number of hydrogen-bond acceptors (Lipinski definition) is 0. The Morgan fingerprint density at radius 1 is 1.23 bits per heavy atom. The molecule has 0 bridgehead atoms. The Balaban J connectivity index is 3.13. The van der Waals surface area contributed by atoms with Gasteiger partial charge < -0.3 is 0 Å². The molecule has 0 N–H and O–H groups in total. The molecule has 0 nitrogen and oxygen atoms in total. The van der Waals surface area contributed by atoms with Crippen LogP contribution in [0, 0.1) is 12.7 Å². The average molecular weight is 180 g/mol. The lowest BCUT2D eigenvalue weighted by molar-refractivity contribution is 0.590. The first-order valence-corrected chi connectivity index (χ1v) is 4.97. The van der Waals surface area contributed by atoms with E-state index in [0.29, 0.717) is 0 Å². The molecule has 0 atom stereocenters. The van der Waals surface area contributed by atoms with Crippen molar-refractivity contribution in [1.82, 2.24) is 0 Å². The van der Waals surface area contributed by atoms with Crippen molar-refractivity contribution in [1.29, 1.82) is 0 Å². The second kappa shape index (κ2) is 4.40. The number of halogens is 1. The summed E-state index contributed by atoms with van der Waals surface area (Å²) in [5, 5.41) is 0. The van der Waals surface area contributed by atoms with Crippen molar-refractivity contribution in [2.24, 2.45) is 0 Å². The first-order chi connectivity index (χ1) is 6.20. The summed E-state index contributed by atoms with van der Waals surface area (Å²) >= 11 is 0. The van der Waals surface area contributed by atoms with Gasteiger partial charge in [-0.2, -0.15) is 0 Å². The third-order valence-electron chi connectivity index (χ3n) is 2.44. The van der Waals surface area contributed by atoms with Gasteiger partial charge in [0.25, 0.3) is 0 Å². The zero-order valence-electron chi connectivity index (χ0n) is 8.65. The lowest BCUT2D eigenvalue weighted by atomic mass is 9.99. The fourth-order valence-electron chi connectivity index (χ4n) is 1.60. The van der Waals surface area contributed by atoms with E-state index < -0.39 is 0 Å². The molecule has 72 valence electrons. The van der Waals surface area contributed by atoms with Crippen molar-refractivity contribution < 1.29 is 4.39 Å². The molecule has 0 saturated carbocycles. The largest absolute Gasteiger partial charge is 0.206 e. The molecule has 1 heteroatoms. The molecule has 0 aromatic heterocycles. The van der Waals surface area contributed by atoms with Crippen LogP contribution in [0.5, 0.6) is 0 Å². The van der Waals surface area contributed by atoms with E-state index in [1.165, 1.54) is 0 Å². The Labute approximate surface area is 79.8 Å². The highest BCUT2D eigenvalue weighted by molar-refractivity contribution is 5.33. The van der Waals surface area contributed by atoms with E-state index in [2.05, 4.69) is 6.92 Å². The fourth-order valence-corrected chi connectivity index (χ4v) is 1.60. The van der Waals surface area contributed by atoms with Crippen molar-refractivity contribution in [3.63, 3.8) is 0 Å². The normalized spacial score (nSPS) is 10.5. The van der Waals surface area contributed by atoms with E-state index in [-0.39, 0.29) is 5.82 Å². The number of hydrogen-bond donors (Lipinski definition) is 0. The van der Waals surface area contributed by atoms with Crippen LogP contribution in [0.15, 0.2) is 12.1 Å². The van der Waals surface area contributed by atoms with Crippen LogP contribution in [-0.4, -0.2) is 0 Å². The van der Waals surface area contributed by atoms with Crippen LogP contribution in [-0.2, 0) is 12.8 Å². The third kappa shape index (κ3) is 2.09. The van der Waals surface area contributed by atoms with Crippen LogP contribution in [0.4, 0.5) is 4.39 Å². The maximum atomic E-state index is 13.7. The van der Waals surface area contributed by atoms with Gasteiger partial charge in [0.15, 0.2) is 0 Å². The van der Waals surface area contributed by atoms with Crippen molar-refractivity contribution >= 4 is 0 Å². The van der Waals surface area contributed by atoms with Gasteiger partial charge in [0, 0.05) is 0 Å². The highest BCUT2D eigenvalue weighted by atomic mass is 19.1. The summed E-state index contributed by atoms with van der Waals surface area (Å²) < 4.78 is 13.7. The van der Waals surface area contributed by atoms with Crippen LogP contribution in [0.1, 0.15) is 37.0 Å². The van der Waals surface area contributed by atoms with Gasteiger partial charge in [-0.15, -0.1) is 0 Å². The van der Waals surface area contributed by atoms with E-state index in [9.17, 15) is 4.39 Å². The first-order valence-electron chi connectivity index (χ1n) is 4.97. The lowest BCUT2D eigenvalue weighted by Gasteiger charge is -2.09. The minimum absolute atomic E-state index is 0.0179. The van der Waals surface area contributed by atoms with Crippen molar-refractivity contribution in [2.45, 2.75) is 40.0 Å². The van der Waals surface area contributed by atoms with Gasteiger partial charge in [-0.05, 0) is 36.5 Å². The molecule has 0 unspecified atom stereocenters. The lowest BCUT2D eigenvalue weighted by Crippen LogP contribution is -1.98. The molecular formula is C12H17F. The molecule has 0 aliphatic rings. The van der Waals surface area contributed by atoms with E-state index in [1.807, 2.05) is 26.0 Å². The third-order valence-corrected chi connectivity index (χ3v) is 2.44. The van der Waals surface area contributed by atoms with Crippen molar-refractivity contribution in [2.75, 3.05) is 0 Å². The molecule has 0 aliphatic carbocycles. The van der Waals surface area contributed by atoms with Crippen molar-refractivity contribution in [3.05, 3.63) is 34.6 Å². The Bertz CT molecular complexity index is 289. The second-order valence-corrected chi connectivity index (χ2v) is 3.44. The van der Waals surface area contributed by atoms with E-state index in [1.54, 1.807) is 0 Å². The summed E-state index contributed by atoms with van der Waals surface area (Å²) in [5.74, 6) is 0.0179. The predicted octanol–water partition coefficient (Wildman–Crippen LogP) is 3.65. The number of benzene rings is 1. The Morgan fingerprint density at radius 3 is 2.46 bits per heavy atom. The molecule has 0 fully saturated rings. The molecule has 0 spiro atoms. The van der Waals surface area contributed by atoms with Crippen LogP contribution < -0.4 is 0 Å². The molecule has 0 saturated heterocycles. The van der Waals surface area contributed by atoms with E-state index in [0.717, 1.165) is 36.0 Å². The molecule has 13 heavy (non-hydrogen) atoms. The summed E-state index contributed by atoms with van der Waals surface area (Å²) in [6, 6.07) is 3.91. The monoisotopic (exact) mass is 180 g/mol. The minimum Gasteiger partial charge on any atom is -0.206 e. The molecule has 0 heterocycles. The summed E-state index contributed by atoms with van der Waals surface area (Å²) in [5.41, 5.74) is 2.83. The van der Waals surface area contributed by atoms with E-state index in [4.69, 9.17) is 0 Å². The Hall–Kier alpha value is -0.850. The van der Waals surface area contributed by atoms with E-state index >= 15 is 0 Å². The minimum atomic E-state index is 0.0179. The van der Waals surface area contributed by atoms with Gasteiger partial charge in [-0.1, -0.05) is 32.4 Å². The highest BCUT2D eigenvalue weighted by Gasteiger charge is 2.08. The zero-order valence-corrected chi connectivity index (χ0v) is 8.65. The Morgan fingerprint density at radius 2 is 1.92 bits per heavy atom. The molecule has 0 aliphatic heterocycles. The quantitative estimate of drug-likeness (QED) is 0.666. The molecule has 1 aromatic carbocycles. The van der Waals surface area contributed by atoms with Crippen molar-refractivity contribution in [3.8, 4) is 0 Å². The smallest absolute Gasteiger partial charge is 0.129 e. The summed E-state index contributed by atoms with van der Waals surface area (Å²) in [6.07, 6.45) is 2.64. The summed E-state index contributed by atoms with van der Waals surface area (Å²) in [7, 11) is 0. The maximum Gasteiger partial charge on any atom is 0.129 e. The fraction of sp³-hybridized carbons (Fsp3) is 0.500. The molecule has 1 rings (SSSR count). The van der Waals surface area contributed by atoms with Gasteiger partial charge in [0.05, 0.1) is 0 Å². The summed E-state index contributed by atoms with van der Waals surface area (Å²) in [4.78, 5) is 0. The van der Waals surface area contributed by atoms with Gasteiger partial charge in [-0.25, -0.2) is 4.39 Å². The van der Waals surface area contributed by atoms with Crippen LogP contribution in [0.3, 0.4) is 0 Å². The molecule has 0 radical (unpaired) electrons. The van der Waals surface area contributed by atoms with Crippen LogP contribution >= 0.6 is 0 Å². The van der Waals surface area contributed by atoms with Gasteiger partial charge in [-0.3, -0.25) is 0 Å². The summed E-state index contributed by atoms with van der Waals surface area (Å²) in [6.45, 7) is 6.05. The molecule has 1 aromatic rings. The standard InChI is InChI=1S/C12H17F/c1-4-6-11-9(3)7-8-10(5-2)12(11)13/h7-8H,4-6H2,1-3H3. The SMILES string of the molecule is CCCc1c(C)ccc(CC)c1F. The van der Waals surface area contributed by atoms with Crippen LogP contribution in [0.2, 0.25) is 0 Å². The predicted molar refractivity (Wildman–Crippen MR) is 54.5 cm³/mol.